The first-order valence-electron chi connectivity index (χ1n) is 6.81. The van der Waals surface area contributed by atoms with Crippen molar-refractivity contribution in [1.82, 2.24) is 0 Å². The molecule has 21 heavy (non-hydrogen) atoms. The van der Waals surface area contributed by atoms with Crippen LogP contribution in [0.5, 0.6) is 5.75 Å². The highest BCUT2D eigenvalue weighted by atomic mass is 16.5. The SMILES string of the molecule is CC=CCN(CCC#N)c1cc(NC(C)=O)ccc1OC. The first-order chi connectivity index (χ1) is 10.1. The number of nitrogens with one attached hydrogen (secondary N) is 1. The Morgan fingerprint density at radius 2 is 2.29 bits per heavy atom. The van der Waals surface area contributed by atoms with Crippen molar-refractivity contribution in [3.05, 3.63) is 30.4 Å². The largest absolute Gasteiger partial charge is 0.495 e. The van der Waals surface area contributed by atoms with Crippen molar-refractivity contribution in [3.63, 3.8) is 0 Å². The van der Waals surface area contributed by atoms with Gasteiger partial charge in [0.2, 0.25) is 5.91 Å². The fourth-order valence-corrected chi connectivity index (χ4v) is 1.95. The molecular weight excluding hydrogens is 266 g/mol. The first-order valence-corrected chi connectivity index (χ1v) is 6.81. The minimum Gasteiger partial charge on any atom is -0.495 e. The summed E-state index contributed by atoms with van der Waals surface area (Å²) in [4.78, 5) is 13.2. The molecule has 0 unspecified atom stereocenters. The van der Waals surface area contributed by atoms with E-state index in [1.807, 2.05) is 36.1 Å². The van der Waals surface area contributed by atoms with Crippen LogP contribution in [0, 0.1) is 11.3 Å². The molecule has 1 amide bonds. The summed E-state index contributed by atoms with van der Waals surface area (Å²) in [6.07, 6.45) is 4.40. The summed E-state index contributed by atoms with van der Waals surface area (Å²) >= 11 is 0. The van der Waals surface area contributed by atoms with Crippen molar-refractivity contribution in [3.8, 4) is 11.8 Å². The molecule has 5 nitrogen and oxygen atoms in total. The van der Waals surface area contributed by atoms with Gasteiger partial charge >= 0.3 is 0 Å². The average Bonchev–Trinajstić information content (AvgIpc) is 2.47. The second-order valence-electron chi connectivity index (χ2n) is 4.49. The Morgan fingerprint density at radius 1 is 1.52 bits per heavy atom. The van der Waals surface area contributed by atoms with Crippen molar-refractivity contribution in [2.75, 3.05) is 30.4 Å². The Bertz CT molecular complexity index is 547. The molecule has 0 atom stereocenters. The number of nitrogens with zero attached hydrogens (tertiary/aromatic N) is 2. The number of amides is 1. The number of methoxy groups -OCH3 is 1. The van der Waals surface area contributed by atoms with Gasteiger partial charge in [-0.2, -0.15) is 5.26 Å². The highest BCUT2D eigenvalue weighted by molar-refractivity contribution is 5.89. The summed E-state index contributed by atoms with van der Waals surface area (Å²) in [5.74, 6) is 0.592. The number of ether oxygens (including phenoxy) is 1. The van der Waals surface area contributed by atoms with Crippen LogP contribution in [0.2, 0.25) is 0 Å². The molecule has 0 bridgehead atoms. The van der Waals surface area contributed by atoms with Gasteiger partial charge in [0.1, 0.15) is 5.75 Å². The fourth-order valence-electron chi connectivity index (χ4n) is 1.95. The number of rotatable bonds is 7. The van der Waals surface area contributed by atoms with E-state index in [0.717, 1.165) is 5.69 Å². The van der Waals surface area contributed by atoms with E-state index in [1.165, 1.54) is 6.92 Å². The molecule has 0 aliphatic heterocycles. The number of benzene rings is 1. The zero-order chi connectivity index (χ0) is 15.7. The molecule has 0 radical (unpaired) electrons. The maximum Gasteiger partial charge on any atom is 0.221 e. The average molecular weight is 287 g/mol. The van der Waals surface area contributed by atoms with Crippen LogP contribution in [0.15, 0.2) is 30.4 Å². The van der Waals surface area contributed by atoms with Gasteiger partial charge in [0.15, 0.2) is 0 Å². The van der Waals surface area contributed by atoms with Crippen molar-refractivity contribution in [2.45, 2.75) is 20.3 Å². The molecule has 1 aromatic carbocycles. The van der Waals surface area contributed by atoms with Gasteiger partial charge in [-0.3, -0.25) is 4.79 Å². The lowest BCUT2D eigenvalue weighted by atomic mass is 10.2. The normalized spacial score (nSPS) is 10.2. The van der Waals surface area contributed by atoms with E-state index in [2.05, 4.69) is 11.4 Å². The minimum atomic E-state index is -0.122. The third-order valence-electron chi connectivity index (χ3n) is 2.89. The summed E-state index contributed by atoms with van der Waals surface area (Å²) in [6, 6.07) is 7.62. The van der Waals surface area contributed by atoms with Crippen LogP contribution in [0.3, 0.4) is 0 Å². The van der Waals surface area contributed by atoms with E-state index < -0.39 is 0 Å². The number of anilines is 2. The van der Waals surface area contributed by atoms with Gasteiger partial charge in [-0.05, 0) is 25.1 Å². The molecule has 1 rings (SSSR count). The van der Waals surface area contributed by atoms with Gasteiger partial charge in [0.05, 0.1) is 25.3 Å². The second-order valence-corrected chi connectivity index (χ2v) is 4.49. The number of allylic oxidation sites excluding steroid dienone is 1. The zero-order valence-electron chi connectivity index (χ0n) is 12.7. The Balaban J connectivity index is 3.12. The van der Waals surface area contributed by atoms with Crippen molar-refractivity contribution in [2.24, 2.45) is 0 Å². The number of carbonyl (C=O) groups excluding carboxylic acids is 1. The van der Waals surface area contributed by atoms with Crippen LogP contribution in [-0.2, 0) is 4.79 Å². The molecule has 0 heterocycles. The quantitative estimate of drug-likeness (QED) is 0.783. The molecule has 1 aromatic rings. The third kappa shape index (κ3) is 5.19. The second kappa shape index (κ2) is 8.64. The predicted octanol–water partition coefficient (Wildman–Crippen LogP) is 2.95. The van der Waals surface area contributed by atoms with Gasteiger partial charge in [-0.25, -0.2) is 0 Å². The van der Waals surface area contributed by atoms with Gasteiger partial charge in [-0.15, -0.1) is 0 Å². The molecule has 112 valence electrons. The summed E-state index contributed by atoms with van der Waals surface area (Å²) in [7, 11) is 1.61. The van der Waals surface area contributed by atoms with Crippen LogP contribution in [0.4, 0.5) is 11.4 Å². The molecule has 0 saturated heterocycles. The Morgan fingerprint density at radius 3 is 2.86 bits per heavy atom. The van der Waals surface area contributed by atoms with E-state index in [9.17, 15) is 4.79 Å². The van der Waals surface area contributed by atoms with Crippen molar-refractivity contribution < 1.29 is 9.53 Å². The van der Waals surface area contributed by atoms with Gasteiger partial charge < -0.3 is 15.0 Å². The smallest absolute Gasteiger partial charge is 0.221 e. The van der Waals surface area contributed by atoms with Crippen LogP contribution in [0.25, 0.3) is 0 Å². The van der Waals surface area contributed by atoms with Crippen molar-refractivity contribution in [1.29, 1.82) is 5.26 Å². The molecule has 0 fully saturated rings. The molecular formula is C16H21N3O2. The van der Waals surface area contributed by atoms with E-state index in [0.29, 0.717) is 30.9 Å². The molecule has 0 spiro atoms. The summed E-state index contributed by atoms with van der Waals surface area (Å²) in [6.45, 7) is 4.70. The lowest BCUT2D eigenvalue weighted by Crippen LogP contribution is -2.25. The lowest BCUT2D eigenvalue weighted by Gasteiger charge is -2.25. The van der Waals surface area contributed by atoms with E-state index in [-0.39, 0.29) is 5.91 Å². The topological polar surface area (TPSA) is 65.4 Å². The third-order valence-corrected chi connectivity index (χ3v) is 2.89. The standard InChI is InChI=1S/C16H21N3O2/c1-4-5-10-19(11-6-9-17)15-12-14(18-13(2)20)7-8-16(15)21-3/h4-5,7-8,12H,6,10-11H2,1-3H3,(H,18,20). The molecule has 0 aliphatic rings. The summed E-state index contributed by atoms with van der Waals surface area (Å²) in [5.41, 5.74) is 1.57. The zero-order valence-corrected chi connectivity index (χ0v) is 12.7. The van der Waals surface area contributed by atoms with Gasteiger partial charge in [-0.1, -0.05) is 12.2 Å². The number of hydrogen-bond donors (Lipinski definition) is 1. The Kier molecular flexibility index (Phi) is 6.82. The minimum absolute atomic E-state index is 0.122. The molecule has 1 N–H and O–H groups in total. The van der Waals surface area contributed by atoms with Crippen molar-refractivity contribution >= 4 is 17.3 Å². The Labute approximate surface area is 125 Å². The molecule has 5 heteroatoms. The highest BCUT2D eigenvalue weighted by Gasteiger charge is 2.12. The molecule has 0 saturated carbocycles. The number of carbonyl (C=O) groups is 1. The maximum atomic E-state index is 11.2. The van der Waals surface area contributed by atoms with Gasteiger partial charge in [0, 0.05) is 25.7 Å². The fraction of sp³-hybridized carbons (Fsp3) is 0.375. The van der Waals surface area contributed by atoms with Gasteiger partial charge in [0.25, 0.3) is 0 Å². The molecule has 0 aliphatic carbocycles. The maximum absolute atomic E-state index is 11.2. The van der Waals surface area contributed by atoms with E-state index in [1.54, 1.807) is 13.2 Å². The van der Waals surface area contributed by atoms with Crippen LogP contribution >= 0.6 is 0 Å². The Hall–Kier alpha value is -2.48. The van der Waals surface area contributed by atoms with Crippen LogP contribution in [-0.4, -0.2) is 26.1 Å². The lowest BCUT2D eigenvalue weighted by molar-refractivity contribution is -0.114. The number of hydrogen-bond acceptors (Lipinski definition) is 4. The van der Waals surface area contributed by atoms with E-state index >= 15 is 0 Å². The summed E-state index contributed by atoms with van der Waals surface area (Å²) in [5, 5.41) is 11.6. The number of nitriles is 1. The van der Waals surface area contributed by atoms with E-state index in [4.69, 9.17) is 10.00 Å². The molecule has 0 aromatic heterocycles. The van der Waals surface area contributed by atoms with Crippen LogP contribution < -0.4 is 15.0 Å². The van der Waals surface area contributed by atoms with Crippen LogP contribution in [0.1, 0.15) is 20.3 Å². The summed E-state index contributed by atoms with van der Waals surface area (Å²) < 4.78 is 5.38. The first kappa shape index (κ1) is 16.6. The predicted molar refractivity (Wildman–Crippen MR) is 84.6 cm³/mol. The highest BCUT2D eigenvalue weighted by Crippen LogP contribution is 2.31. The monoisotopic (exact) mass is 287 g/mol.